The number of esters is 1. The van der Waals surface area contributed by atoms with Gasteiger partial charge in [-0.15, -0.1) is 0 Å². The molecule has 0 saturated heterocycles. The molecule has 162 valence electrons. The summed E-state index contributed by atoms with van der Waals surface area (Å²) in [4.78, 5) is 32.5. The smallest absolute Gasteiger partial charge is 0.412 e. The SMILES string of the molecule is COCc1ccc2ccc(-c3ccnc(C(=O)OC)n3)cc2c1NC(=O)OC(C)(C)C. The number of aromatic nitrogens is 2. The van der Waals surface area contributed by atoms with Crippen LogP contribution in [0.25, 0.3) is 22.0 Å². The van der Waals surface area contributed by atoms with Gasteiger partial charge >= 0.3 is 12.1 Å². The number of methoxy groups -OCH3 is 2. The van der Waals surface area contributed by atoms with Crippen LogP contribution in [0.2, 0.25) is 0 Å². The van der Waals surface area contributed by atoms with E-state index in [1.54, 1.807) is 33.9 Å². The van der Waals surface area contributed by atoms with Crippen LogP contribution in [-0.4, -0.2) is 41.9 Å². The fraction of sp³-hybridized carbons (Fsp3) is 0.304. The van der Waals surface area contributed by atoms with Crippen LogP contribution in [0.15, 0.2) is 42.6 Å². The lowest BCUT2D eigenvalue weighted by Crippen LogP contribution is -2.27. The van der Waals surface area contributed by atoms with Crippen LogP contribution >= 0.6 is 0 Å². The Morgan fingerprint density at radius 3 is 2.48 bits per heavy atom. The van der Waals surface area contributed by atoms with Crippen LogP contribution in [-0.2, 0) is 20.8 Å². The minimum absolute atomic E-state index is 0.0275. The number of carbonyl (C=O) groups excluding carboxylic acids is 2. The molecular formula is C23H25N3O5. The topological polar surface area (TPSA) is 99.6 Å². The number of hydrogen-bond donors (Lipinski definition) is 1. The first-order valence-corrected chi connectivity index (χ1v) is 9.68. The van der Waals surface area contributed by atoms with Crippen molar-refractivity contribution >= 4 is 28.5 Å². The molecule has 0 spiro atoms. The Bertz CT molecular complexity index is 1120. The number of amides is 1. The van der Waals surface area contributed by atoms with Crippen LogP contribution < -0.4 is 5.32 Å². The van der Waals surface area contributed by atoms with Crippen molar-refractivity contribution in [2.45, 2.75) is 33.0 Å². The van der Waals surface area contributed by atoms with Gasteiger partial charge in [0, 0.05) is 29.8 Å². The second kappa shape index (κ2) is 9.09. The van der Waals surface area contributed by atoms with E-state index >= 15 is 0 Å². The molecular weight excluding hydrogens is 398 g/mol. The zero-order chi connectivity index (χ0) is 22.6. The maximum absolute atomic E-state index is 12.5. The van der Waals surface area contributed by atoms with Crippen molar-refractivity contribution in [3.63, 3.8) is 0 Å². The summed E-state index contributed by atoms with van der Waals surface area (Å²) in [6.07, 6.45) is 0.942. The molecule has 0 atom stereocenters. The zero-order valence-electron chi connectivity index (χ0n) is 18.2. The van der Waals surface area contributed by atoms with Gasteiger partial charge in [0.15, 0.2) is 0 Å². The van der Waals surface area contributed by atoms with Gasteiger partial charge in [0.25, 0.3) is 0 Å². The lowest BCUT2D eigenvalue weighted by atomic mass is 10.00. The summed E-state index contributed by atoms with van der Waals surface area (Å²) in [5.41, 5.74) is 2.07. The second-order valence-electron chi connectivity index (χ2n) is 7.85. The van der Waals surface area contributed by atoms with Crippen molar-refractivity contribution in [1.29, 1.82) is 0 Å². The summed E-state index contributed by atoms with van der Waals surface area (Å²) in [6, 6.07) is 11.3. The third kappa shape index (κ3) is 5.35. The Morgan fingerprint density at radius 2 is 1.81 bits per heavy atom. The van der Waals surface area contributed by atoms with Crippen molar-refractivity contribution in [2.24, 2.45) is 0 Å². The average molecular weight is 423 g/mol. The van der Waals surface area contributed by atoms with E-state index in [-0.39, 0.29) is 5.82 Å². The first-order chi connectivity index (χ1) is 14.7. The number of hydrogen-bond acceptors (Lipinski definition) is 7. The van der Waals surface area contributed by atoms with E-state index in [0.717, 1.165) is 21.9 Å². The molecule has 1 aromatic heterocycles. The highest BCUT2D eigenvalue weighted by Crippen LogP contribution is 2.32. The van der Waals surface area contributed by atoms with E-state index in [9.17, 15) is 9.59 Å². The van der Waals surface area contributed by atoms with Crippen molar-refractivity contribution < 1.29 is 23.8 Å². The normalized spacial score (nSPS) is 11.3. The summed E-state index contributed by atoms with van der Waals surface area (Å²) < 4.78 is 15.4. The van der Waals surface area contributed by atoms with Crippen LogP contribution in [0.5, 0.6) is 0 Å². The molecule has 31 heavy (non-hydrogen) atoms. The van der Waals surface area contributed by atoms with Gasteiger partial charge in [0.1, 0.15) is 5.60 Å². The second-order valence-corrected chi connectivity index (χ2v) is 7.85. The Balaban J connectivity index is 2.10. The van der Waals surface area contributed by atoms with E-state index in [2.05, 4.69) is 15.3 Å². The van der Waals surface area contributed by atoms with Crippen molar-refractivity contribution in [3.05, 3.63) is 54.0 Å². The summed E-state index contributed by atoms with van der Waals surface area (Å²) in [5, 5.41) is 4.57. The number of benzene rings is 2. The fourth-order valence-corrected chi connectivity index (χ4v) is 3.06. The molecule has 8 nitrogen and oxygen atoms in total. The lowest BCUT2D eigenvalue weighted by Gasteiger charge is -2.21. The first kappa shape index (κ1) is 22.2. The van der Waals surface area contributed by atoms with Gasteiger partial charge in [-0.2, -0.15) is 0 Å². The largest absolute Gasteiger partial charge is 0.463 e. The van der Waals surface area contributed by atoms with Crippen LogP contribution in [0.4, 0.5) is 10.5 Å². The number of anilines is 1. The molecule has 1 N–H and O–H groups in total. The van der Waals surface area contributed by atoms with Gasteiger partial charge in [-0.1, -0.05) is 24.3 Å². The summed E-state index contributed by atoms with van der Waals surface area (Å²) >= 11 is 0. The summed E-state index contributed by atoms with van der Waals surface area (Å²) in [6.45, 7) is 5.72. The van der Waals surface area contributed by atoms with E-state index in [1.165, 1.54) is 13.3 Å². The molecule has 8 heteroatoms. The first-order valence-electron chi connectivity index (χ1n) is 9.68. The lowest BCUT2D eigenvalue weighted by molar-refractivity contribution is 0.0585. The third-order valence-corrected chi connectivity index (χ3v) is 4.35. The van der Waals surface area contributed by atoms with Gasteiger partial charge in [0.05, 0.1) is 25.1 Å². The van der Waals surface area contributed by atoms with Gasteiger partial charge in [-0.3, -0.25) is 5.32 Å². The molecule has 0 saturated carbocycles. The average Bonchev–Trinajstić information content (AvgIpc) is 2.73. The van der Waals surface area contributed by atoms with Gasteiger partial charge in [0.2, 0.25) is 5.82 Å². The molecule has 0 radical (unpaired) electrons. The Labute approximate surface area is 180 Å². The number of carbonyl (C=O) groups is 2. The number of ether oxygens (including phenoxy) is 3. The number of nitrogens with zero attached hydrogens (tertiary/aromatic N) is 2. The summed E-state index contributed by atoms with van der Waals surface area (Å²) in [7, 11) is 2.87. The Kier molecular flexibility index (Phi) is 6.50. The predicted octanol–water partition coefficient (Wildman–Crippen LogP) is 4.58. The fourth-order valence-electron chi connectivity index (χ4n) is 3.06. The molecule has 0 unspecified atom stereocenters. The highest BCUT2D eigenvalue weighted by atomic mass is 16.6. The molecule has 0 fully saturated rings. The Hall–Kier alpha value is -3.52. The van der Waals surface area contributed by atoms with Crippen LogP contribution in [0, 0.1) is 0 Å². The predicted molar refractivity (Wildman–Crippen MR) is 117 cm³/mol. The molecule has 2 aromatic carbocycles. The van der Waals surface area contributed by atoms with Crippen LogP contribution in [0.3, 0.4) is 0 Å². The third-order valence-electron chi connectivity index (χ3n) is 4.35. The maximum atomic E-state index is 12.5. The number of rotatable bonds is 5. The van der Waals surface area contributed by atoms with Crippen molar-refractivity contribution in [1.82, 2.24) is 9.97 Å². The Morgan fingerprint density at radius 1 is 1.06 bits per heavy atom. The highest BCUT2D eigenvalue weighted by Gasteiger charge is 2.19. The van der Waals surface area contributed by atoms with Gasteiger partial charge < -0.3 is 14.2 Å². The van der Waals surface area contributed by atoms with E-state index in [4.69, 9.17) is 14.2 Å². The highest BCUT2D eigenvalue weighted by molar-refractivity contribution is 6.03. The standard InChI is InChI=1S/C23H25N3O5/c1-23(2,3)31-22(28)26-19-16(13-29-4)9-7-14-6-8-15(12-17(14)19)18-10-11-24-20(25-18)21(27)30-5/h6-12H,13H2,1-5H3,(H,26,28). The van der Waals surface area contributed by atoms with E-state index in [1.807, 2.05) is 30.3 Å². The minimum Gasteiger partial charge on any atom is -0.463 e. The molecule has 3 rings (SSSR count). The van der Waals surface area contributed by atoms with Crippen molar-refractivity contribution in [3.8, 4) is 11.3 Å². The molecule has 1 amide bonds. The molecule has 0 aliphatic rings. The van der Waals surface area contributed by atoms with Gasteiger partial charge in [-0.25, -0.2) is 19.6 Å². The molecule has 0 aliphatic heterocycles. The van der Waals surface area contributed by atoms with Crippen molar-refractivity contribution in [2.75, 3.05) is 19.5 Å². The van der Waals surface area contributed by atoms with E-state index < -0.39 is 17.7 Å². The molecule has 1 heterocycles. The van der Waals surface area contributed by atoms with Gasteiger partial charge in [-0.05, 0) is 38.3 Å². The van der Waals surface area contributed by atoms with Crippen LogP contribution in [0.1, 0.15) is 37.0 Å². The molecule has 0 bridgehead atoms. The minimum atomic E-state index is -0.632. The number of fused-ring (bicyclic) bond motifs is 1. The van der Waals surface area contributed by atoms with E-state index in [0.29, 0.717) is 18.0 Å². The monoisotopic (exact) mass is 423 g/mol. The molecule has 0 aliphatic carbocycles. The zero-order valence-corrected chi connectivity index (χ0v) is 18.2. The quantitative estimate of drug-likeness (QED) is 0.600. The maximum Gasteiger partial charge on any atom is 0.412 e. The molecule has 3 aromatic rings. The summed E-state index contributed by atoms with van der Waals surface area (Å²) in [5.74, 6) is -0.641. The number of nitrogens with one attached hydrogen (secondary N) is 1.